The molecule has 0 aromatic carbocycles. The van der Waals surface area contributed by atoms with Gasteiger partial charge in [0.2, 0.25) is 0 Å². The van der Waals surface area contributed by atoms with Crippen LogP contribution in [0, 0.1) is 5.92 Å². The number of rotatable bonds is 7. The molecule has 1 aliphatic rings. The summed E-state index contributed by atoms with van der Waals surface area (Å²) >= 11 is 0. The van der Waals surface area contributed by atoms with Crippen LogP contribution in [-0.2, 0) is 9.53 Å². The quantitative estimate of drug-likeness (QED) is 0.654. The summed E-state index contributed by atoms with van der Waals surface area (Å²) in [6.07, 6.45) is 1.88. The number of ether oxygens (including phenoxy) is 1. The normalized spacial score (nSPS) is 19.6. The molecule has 1 fully saturated rings. The Kier molecular flexibility index (Phi) is 6.37. The first-order valence-corrected chi connectivity index (χ1v) is 5.88. The largest absolute Gasteiger partial charge is 0.481 e. The molecular formula is C11H21NO4. The molecule has 1 atom stereocenters. The predicted octanol–water partition coefficient (Wildman–Crippen LogP) is 0.182. The molecule has 16 heavy (non-hydrogen) atoms. The van der Waals surface area contributed by atoms with Gasteiger partial charge < -0.3 is 14.9 Å². The number of aliphatic carboxylic acids is 1. The number of carboxylic acids is 1. The number of aliphatic hydroxyl groups excluding tert-OH is 1. The first-order valence-electron chi connectivity index (χ1n) is 5.88. The lowest BCUT2D eigenvalue weighted by atomic mass is 10.00. The van der Waals surface area contributed by atoms with Crippen molar-refractivity contribution in [2.75, 3.05) is 39.5 Å². The van der Waals surface area contributed by atoms with E-state index in [1.165, 1.54) is 0 Å². The first-order chi connectivity index (χ1) is 7.74. The lowest BCUT2D eigenvalue weighted by Crippen LogP contribution is -2.37. The Labute approximate surface area is 96.0 Å². The third kappa shape index (κ3) is 4.92. The number of hydrogen-bond acceptors (Lipinski definition) is 4. The molecule has 0 radical (unpaired) electrons. The Bertz CT molecular complexity index is 204. The van der Waals surface area contributed by atoms with Crippen molar-refractivity contribution in [3.63, 3.8) is 0 Å². The maximum Gasteiger partial charge on any atom is 0.306 e. The van der Waals surface area contributed by atoms with E-state index >= 15 is 0 Å². The number of carbonyl (C=O) groups is 1. The van der Waals surface area contributed by atoms with Crippen molar-refractivity contribution in [1.82, 2.24) is 4.90 Å². The number of carboxylic acid groups (broad SMARTS) is 1. The van der Waals surface area contributed by atoms with E-state index in [1.54, 1.807) is 0 Å². The highest BCUT2D eigenvalue weighted by Crippen LogP contribution is 2.12. The lowest BCUT2D eigenvalue weighted by molar-refractivity contribution is -0.142. The first kappa shape index (κ1) is 13.4. The average molecular weight is 231 g/mol. The molecule has 94 valence electrons. The fourth-order valence-electron chi connectivity index (χ4n) is 1.93. The number of aliphatic hydroxyl groups is 1. The zero-order valence-electron chi connectivity index (χ0n) is 9.60. The summed E-state index contributed by atoms with van der Waals surface area (Å²) in [5.41, 5.74) is 0. The molecule has 0 aliphatic carbocycles. The van der Waals surface area contributed by atoms with Gasteiger partial charge in [-0.2, -0.15) is 0 Å². The molecule has 0 spiro atoms. The molecule has 1 heterocycles. The van der Waals surface area contributed by atoms with Crippen molar-refractivity contribution >= 4 is 5.97 Å². The minimum absolute atomic E-state index is 0.0471. The van der Waals surface area contributed by atoms with Crippen molar-refractivity contribution in [3.8, 4) is 0 Å². The summed E-state index contributed by atoms with van der Waals surface area (Å²) in [6, 6.07) is 0. The standard InChI is InChI=1S/C11H21NO4/c13-7-3-10(11(14)15)2-1-4-12-5-8-16-9-6-12/h10,13H,1-9H2,(H,14,15). The maximum atomic E-state index is 10.8. The van der Waals surface area contributed by atoms with Crippen LogP contribution < -0.4 is 0 Å². The molecular weight excluding hydrogens is 210 g/mol. The molecule has 0 aromatic rings. The molecule has 0 amide bonds. The highest BCUT2D eigenvalue weighted by atomic mass is 16.5. The average Bonchev–Trinajstić information content (AvgIpc) is 2.29. The van der Waals surface area contributed by atoms with E-state index in [-0.39, 0.29) is 6.61 Å². The van der Waals surface area contributed by atoms with Crippen LogP contribution in [-0.4, -0.2) is 60.5 Å². The number of hydrogen-bond donors (Lipinski definition) is 2. The highest BCUT2D eigenvalue weighted by Gasteiger charge is 2.17. The topological polar surface area (TPSA) is 70.0 Å². The minimum Gasteiger partial charge on any atom is -0.481 e. The van der Waals surface area contributed by atoms with E-state index in [2.05, 4.69) is 4.90 Å². The fraction of sp³-hybridized carbons (Fsp3) is 0.909. The van der Waals surface area contributed by atoms with E-state index in [0.29, 0.717) is 12.8 Å². The molecule has 1 aliphatic heterocycles. The molecule has 0 aromatic heterocycles. The van der Waals surface area contributed by atoms with E-state index < -0.39 is 11.9 Å². The van der Waals surface area contributed by atoms with Crippen molar-refractivity contribution in [1.29, 1.82) is 0 Å². The van der Waals surface area contributed by atoms with Crippen molar-refractivity contribution in [2.24, 2.45) is 5.92 Å². The van der Waals surface area contributed by atoms with Crippen LogP contribution in [0.4, 0.5) is 0 Å². The Balaban J connectivity index is 2.13. The van der Waals surface area contributed by atoms with Gasteiger partial charge in [0.05, 0.1) is 19.1 Å². The Morgan fingerprint density at radius 1 is 1.31 bits per heavy atom. The predicted molar refractivity (Wildman–Crippen MR) is 59.3 cm³/mol. The molecule has 1 saturated heterocycles. The van der Waals surface area contributed by atoms with Gasteiger partial charge in [-0.25, -0.2) is 0 Å². The smallest absolute Gasteiger partial charge is 0.306 e. The zero-order chi connectivity index (χ0) is 11.8. The Morgan fingerprint density at radius 3 is 2.56 bits per heavy atom. The summed E-state index contributed by atoms with van der Waals surface area (Å²) < 4.78 is 5.24. The minimum atomic E-state index is -0.795. The van der Waals surface area contributed by atoms with E-state index in [9.17, 15) is 4.79 Å². The zero-order valence-corrected chi connectivity index (χ0v) is 9.60. The summed E-state index contributed by atoms with van der Waals surface area (Å²) in [5, 5.41) is 17.6. The van der Waals surface area contributed by atoms with Gasteiger partial charge in [-0.1, -0.05) is 0 Å². The van der Waals surface area contributed by atoms with Gasteiger partial charge in [-0.15, -0.1) is 0 Å². The van der Waals surface area contributed by atoms with Gasteiger partial charge in [0, 0.05) is 19.7 Å². The van der Waals surface area contributed by atoms with Crippen LogP contribution in [0.5, 0.6) is 0 Å². The molecule has 0 bridgehead atoms. The van der Waals surface area contributed by atoms with E-state index in [4.69, 9.17) is 14.9 Å². The lowest BCUT2D eigenvalue weighted by Gasteiger charge is -2.26. The van der Waals surface area contributed by atoms with E-state index in [1.807, 2.05) is 0 Å². The van der Waals surface area contributed by atoms with Gasteiger partial charge in [-0.05, 0) is 25.8 Å². The Morgan fingerprint density at radius 2 is 2.00 bits per heavy atom. The van der Waals surface area contributed by atoms with Crippen LogP contribution in [0.2, 0.25) is 0 Å². The molecule has 1 unspecified atom stereocenters. The second kappa shape index (κ2) is 7.60. The third-order valence-corrected chi connectivity index (χ3v) is 2.96. The molecule has 5 nitrogen and oxygen atoms in total. The van der Waals surface area contributed by atoms with E-state index in [0.717, 1.165) is 39.3 Å². The Hall–Kier alpha value is -0.650. The monoisotopic (exact) mass is 231 g/mol. The second-order valence-electron chi connectivity index (χ2n) is 4.14. The van der Waals surface area contributed by atoms with Crippen LogP contribution in [0.25, 0.3) is 0 Å². The van der Waals surface area contributed by atoms with Crippen LogP contribution in [0.3, 0.4) is 0 Å². The second-order valence-corrected chi connectivity index (χ2v) is 4.14. The summed E-state index contributed by atoms with van der Waals surface area (Å²) in [7, 11) is 0. The van der Waals surface area contributed by atoms with Gasteiger partial charge in [0.15, 0.2) is 0 Å². The SMILES string of the molecule is O=C(O)C(CCO)CCCN1CCOCC1. The fourth-order valence-corrected chi connectivity index (χ4v) is 1.93. The third-order valence-electron chi connectivity index (χ3n) is 2.96. The number of morpholine rings is 1. The van der Waals surface area contributed by atoms with Crippen molar-refractivity contribution in [2.45, 2.75) is 19.3 Å². The van der Waals surface area contributed by atoms with Crippen LogP contribution >= 0.6 is 0 Å². The summed E-state index contributed by atoms with van der Waals surface area (Å²) in [4.78, 5) is 13.1. The van der Waals surface area contributed by atoms with Crippen molar-refractivity contribution < 1.29 is 19.7 Å². The van der Waals surface area contributed by atoms with Gasteiger partial charge in [0.1, 0.15) is 0 Å². The number of nitrogens with zero attached hydrogens (tertiary/aromatic N) is 1. The van der Waals surface area contributed by atoms with Gasteiger partial charge in [0.25, 0.3) is 0 Å². The summed E-state index contributed by atoms with van der Waals surface area (Å²) in [6.45, 7) is 4.32. The molecule has 2 N–H and O–H groups in total. The van der Waals surface area contributed by atoms with Crippen LogP contribution in [0.1, 0.15) is 19.3 Å². The molecule has 5 heteroatoms. The summed E-state index contributed by atoms with van der Waals surface area (Å²) in [5.74, 6) is -1.19. The maximum absolute atomic E-state index is 10.8. The molecule has 1 rings (SSSR count). The van der Waals surface area contributed by atoms with Crippen molar-refractivity contribution in [3.05, 3.63) is 0 Å². The van der Waals surface area contributed by atoms with Gasteiger partial charge in [-0.3, -0.25) is 9.69 Å². The molecule has 0 saturated carbocycles. The van der Waals surface area contributed by atoms with Crippen LogP contribution in [0.15, 0.2) is 0 Å². The highest BCUT2D eigenvalue weighted by molar-refractivity contribution is 5.69. The van der Waals surface area contributed by atoms with Gasteiger partial charge >= 0.3 is 5.97 Å².